The molecule has 3 nitrogen and oxygen atoms in total. The molecule has 0 aromatic heterocycles. The van der Waals surface area contributed by atoms with E-state index in [4.69, 9.17) is 9.16 Å². The zero-order valence-corrected chi connectivity index (χ0v) is 20.0. The van der Waals surface area contributed by atoms with Gasteiger partial charge in [0.2, 0.25) is 0 Å². The fourth-order valence-corrected chi connectivity index (χ4v) is 6.90. The summed E-state index contributed by atoms with van der Waals surface area (Å²) in [5, 5.41) is 0. The molecule has 1 heterocycles. The second kappa shape index (κ2) is 16.2. The molecule has 0 aromatic rings. The number of carbonyl (C=O) groups excluding carboxylic acids is 1. The minimum atomic E-state index is -1.55. The van der Waals surface area contributed by atoms with E-state index in [1.807, 2.05) is 0 Å². The largest absolute Gasteiger partial charge is 0.466 e. The number of ether oxygens (including phenoxy) is 1. The van der Waals surface area contributed by atoms with Gasteiger partial charge in [-0.05, 0) is 50.2 Å². The smallest absolute Gasteiger partial charge is 0.305 e. The maximum atomic E-state index is 11.7. The molecule has 0 amide bonds. The molecule has 0 saturated heterocycles. The molecule has 0 aromatic carbocycles. The standard InChI is InChI=1S/C24H46O3Si/c1-4-28(5-2,6-3)27-23-19-15-11-7-8-13-17-21-24(25)26-22-18-14-10-9-12-16-20-23/h16,20,23H,4-15,17-19,21-22H2,1-3H3/b20-16+. The van der Waals surface area contributed by atoms with E-state index >= 15 is 0 Å². The molecule has 0 spiro atoms. The highest BCUT2D eigenvalue weighted by Gasteiger charge is 2.31. The van der Waals surface area contributed by atoms with Gasteiger partial charge in [0.05, 0.1) is 12.7 Å². The molecule has 0 bridgehead atoms. The number of hydrogen-bond acceptors (Lipinski definition) is 3. The Morgan fingerprint density at radius 3 is 2.21 bits per heavy atom. The number of cyclic esters (lactones) is 1. The van der Waals surface area contributed by atoms with Crippen molar-refractivity contribution >= 4 is 14.3 Å². The molecule has 1 unspecified atom stereocenters. The third-order valence-electron chi connectivity index (χ3n) is 6.33. The third-order valence-corrected chi connectivity index (χ3v) is 11.0. The van der Waals surface area contributed by atoms with Crippen LogP contribution in [0.25, 0.3) is 0 Å². The van der Waals surface area contributed by atoms with Crippen molar-refractivity contribution in [1.82, 2.24) is 0 Å². The Labute approximate surface area is 175 Å². The van der Waals surface area contributed by atoms with Crippen molar-refractivity contribution in [1.29, 1.82) is 0 Å². The van der Waals surface area contributed by atoms with Gasteiger partial charge >= 0.3 is 5.97 Å². The monoisotopic (exact) mass is 410 g/mol. The van der Waals surface area contributed by atoms with Crippen LogP contribution in [0.4, 0.5) is 0 Å². The van der Waals surface area contributed by atoms with Gasteiger partial charge < -0.3 is 9.16 Å². The van der Waals surface area contributed by atoms with Gasteiger partial charge in [-0.2, -0.15) is 0 Å². The Kier molecular flexibility index (Phi) is 14.7. The van der Waals surface area contributed by atoms with Crippen LogP contribution in [-0.2, 0) is 14.0 Å². The van der Waals surface area contributed by atoms with Crippen LogP contribution in [0.5, 0.6) is 0 Å². The molecule has 28 heavy (non-hydrogen) atoms. The summed E-state index contributed by atoms with van der Waals surface area (Å²) < 4.78 is 12.1. The minimum Gasteiger partial charge on any atom is -0.466 e. The van der Waals surface area contributed by atoms with Crippen LogP contribution in [0, 0.1) is 0 Å². The van der Waals surface area contributed by atoms with Gasteiger partial charge in [0.25, 0.3) is 0 Å². The van der Waals surface area contributed by atoms with E-state index in [0.717, 1.165) is 38.5 Å². The van der Waals surface area contributed by atoms with E-state index < -0.39 is 8.32 Å². The maximum Gasteiger partial charge on any atom is 0.305 e. The zero-order valence-electron chi connectivity index (χ0n) is 19.0. The van der Waals surface area contributed by atoms with E-state index in [1.165, 1.54) is 56.7 Å². The van der Waals surface area contributed by atoms with Crippen LogP contribution in [0.2, 0.25) is 18.1 Å². The highest BCUT2D eigenvalue weighted by Crippen LogP contribution is 2.26. The average molecular weight is 411 g/mol. The normalized spacial score (nSPS) is 23.8. The van der Waals surface area contributed by atoms with E-state index in [-0.39, 0.29) is 5.97 Å². The molecule has 1 atom stereocenters. The first-order chi connectivity index (χ1) is 13.7. The number of rotatable bonds is 5. The predicted molar refractivity (Wildman–Crippen MR) is 122 cm³/mol. The van der Waals surface area contributed by atoms with E-state index in [1.54, 1.807) is 0 Å². The lowest BCUT2D eigenvalue weighted by atomic mass is 10.1. The molecule has 0 aliphatic carbocycles. The number of hydrogen-bond donors (Lipinski definition) is 0. The fraction of sp³-hybridized carbons (Fsp3) is 0.875. The van der Waals surface area contributed by atoms with Crippen molar-refractivity contribution in [3.8, 4) is 0 Å². The second-order valence-electron chi connectivity index (χ2n) is 8.41. The van der Waals surface area contributed by atoms with Crippen molar-refractivity contribution in [2.24, 2.45) is 0 Å². The summed E-state index contributed by atoms with van der Waals surface area (Å²) in [5.41, 5.74) is 0. The summed E-state index contributed by atoms with van der Waals surface area (Å²) in [6.45, 7) is 7.56. The number of esters is 1. The van der Waals surface area contributed by atoms with E-state index in [9.17, 15) is 4.79 Å². The Balaban J connectivity index is 2.55. The SMILES string of the molecule is CC[Si](CC)(CC)OC1/C=C/CCCCCCOC(=O)CCCCCCCC1. The summed E-state index contributed by atoms with van der Waals surface area (Å²) in [6, 6.07) is 3.68. The van der Waals surface area contributed by atoms with Gasteiger partial charge in [-0.3, -0.25) is 4.79 Å². The Bertz CT molecular complexity index is 410. The van der Waals surface area contributed by atoms with Crippen LogP contribution >= 0.6 is 0 Å². The van der Waals surface area contributed by atoms with Crippen LogP contribution in [0.1, 0.15) is 104 Å². The number of allylic oxidation sites excluding steroid dienone is 1. The molecule has 1 aliphatic rings. The summed E-state index contributed by atoms with van der Waals surface area (Å²) in [5.74, 6) is -0.00346. The van der Waals surface area contributed by atoms with Crippen LogP contribution in [0.15, 0.2) is 12.2 Å². The molecule has 0 saturated carbocycles. The Morgan fingerprint density at radius 2 is 1.50 bits per heavy atom. The van der Waals surface area contributed by atoms with Crippen molar-refractivity contribution < 1.29 is 14.0 Å². The average Bonchev–Trinajstić information content (AvgIpc) is 2.71. The van der Waals surface area contributed by atoms with Crippen molar-refractivity contribution in [3.63, 3.8) is 0 Å². The predicted octanol–water partition coefficient (Wildman–Crippen LogP) is 7.56. The fourth-order valence-electron chi connectivity index (χ4n) is 4.06. The topological polar surface area (TPSA) is 35.5 Å². The van der Waals surface area contributed by atoms with Crippen LogP contribution in [-0.4, -0.2) is 27.0 Å². The summed E-state index contributed by atoms with van der Waals surface area (Å²) >= 11 is 0. The Morgan fingerprint density at radius 1 is 0.893 bits per heavy atom. The van der Waals surface area contributed by atoms with Gasteiger partial charge in [0.1, 0.15) is 0 Å². The molecular weight excluding hydrogens is 364 g/mol. The first-order valence-electron chi connectivity index (χ1n) is 12.2. The quantitative estimate of drug-likeness (QED) is 0.266. The molecule has 164 valence electrons. The molecule has 1 aliphatic heterocycles. The molecule has 0 radical (unpaired) electrons. The second-order valence-corrected chi connectivity index (χ2v) is 13.1. The molecular formula is C24H46O3Si. The van der Waals surface area contributed by atoms with Crippen molar-refractivity contribution in [2.75, 3.05) is 6.61 Å². The first-order valence-corrected chi connectivity index (χ1v) is 14.7. The molecule has 4 heteroatoms. The maximum absolute atomic E-state index is 11.7. The van der Waals surface area contributed by atoms with Gasteiger partial charge in [0.15, 0.2) is 8.32 Å². The summed E-state index contributed by atoms with van der Waals surface area (Å²) in [6.07, 6.45) is 19.7. The van der Waals surface area contributed by atoms with E-state index in [0.29, 0.717) is 19.1 Å². The highest BCUT2D eigenvalue weighted by atomic mass is 28.4. The third kappa shape index (κ3) is 11.4. The summed E-state index contributed by atoms with van der Waals surface area (Å²) in [4.78, 5) is 11.7. The zero-order chi connectivity index (χ0) is 20.5. The van der Waals surface area contributed by atoms with Crippen molar-refractivity contribution in [3.05, 3.63) is 12.2 Å². The van der Waals surface area contributed by atoms with Gasteiger partial charge in [-0.15, -0.1) is 0 Å². The van der Waals surface area contributed by atoms with Gasteiger partial charge in [-0.25, -0.2) is 0 Å². The lowest BCUT2D eigenvalue weighted by Crippen LogP contribution is -2.39. The number of carbonyl (C=O) groups is 1. The molecule has 1 rings (SSSR count). The molecule has 0 N–H and O–H groups in total. The Hall–Kier alpha value is -0.613. The van der Waals surface area contributed by atoms with Gasteiger partial charge in [-0.1, -0.05) is 77.9 Å². The van der Waals surface area contributed by atoms with Gasteiger partial charge in [0, 0.05) is 6.42 Å². The molecule has 0 fully saturated rings. The van der Waals surface area contributed by atoms with Crippen LogP contribution in [0.3, 0.4) is 0 Å². The summed E-state index contributed by atoms with van der Waals surface area (Å²) in [7, 11) is -1.55. The lowest BCUT2D eigenvalue weighted by Gasteiger charge is -2.32. The minimum absolute atomic E-state index is 0.00346. The first kappa shape index (κ1) is 25.4. The lowest BCUT2D eigenvalue weighted by molar-refractivity contribution is -0.143. The van der Waals surface area contributed by atoms with E-state index in [2.05, 4.69) is 32.9 Å². The van der Waals surface area contributed by atoms with Crippen molar-refractivity contribution in [2.45, 2.75) is 128 Å². The van der Waals surface area contributed by atoms with Crippen LogP contribution < -0.4 is 0 Å². The highest BCUT2D eigenvalue weighted by molar-refractivity contribution is 6.73.